The van der Waals surface area contributed by atoms with Crippen LogP contribution in [0.4, 0.5) is 0 Å². The van der Waals surface area contributed by atoms with Gasteiger partial charge in [0.1, 0.15) is 17.2 Å². The fraction of sp³-hybridized carbons (Fsp3) is 0.0690. The molecule has 0 atom stereocenters. The zero-order chi connectivity index (χ0) is 23.6. The molecule has 5 aromatic rings. The van der Waals surface area contributed by atoms with Crippen LogP contribution >= 0.6 is 0 Å². The molecule has 170 valence electrons. The van der Waals surface area contributed by atoms with Gasteiger partial charge >= 0.3 is 0 Å². The Balaban J connectivity index is 1.19. The van der Waals surface area contributed by atoms with E-state index in [1.54, 1.807) is 12.3 Å². The first-order chi connectivity index (χ1) is 17.3. The number of aromatic amines is 1. The van der Waals surface area contributed by atoms with Crippen molar-refractivity contribution in [3.05, 3.63) is 113 Å². The second-order valence-corrected chi connectivity index (χ2v) is 8.43. The summed E-state index contributed by atoms with van der Waals surface area (Å²) in [5.41, 5.74) is 8.15. The van der Waals surface area contributed by atoms with Crippen molar-refractivity contribution in [3.63, 3.8) is 0 Å². The van der Waals surface area contributed by atoms with Crippen LogP contribution in [0.5, 0.6) is 11.5 Å². The van der Waals surface area contributed by atoms with Crippen molar-refractivity contribution in [3.8, 4) is 22.8 Å². The largest absolute Gasteiger partial charge is 0.457 e. The maximum Gasteiger partial charge on any atom is 0.289 e. The lowest BCUT2D eigenvalue weighted by Crippen LogP contribution is -2.18. The highest BCUT2D eigenvalue weighted by Crippen LogP contribution is 2.36. The van der Waals surface area contributed by atoms with Gasteiger partial charge in [-0.05, 0) is 65.1 Å². The fourth-order valence-electron chi connectivity index (χ4n) is 4.56. The molecule has 6 rings (SSSR count). The molecule has 0 spiro atoms. The summed E-state index contributed by atoms with van der Waals surface area (Å²) in [5, 5.41) is 13.9. The van der Waals surface area contributed by atoms with Gasteiger partial charge in [-0.25, -0.2) is 5.43 Å². The van der Waals surface area contributed by atoms with Gasteiger partial charge in [0.25, 0.3) is 5.91 Å². The molecule has 6 nitrogen and oxygen atoms in total. The molecule has 0 unspecified atom stereocenters. The Hall–Kier alpha value is -4.71. The predicted octanol–water partition coefficient (Wildman–Crippen LogP) is 5.88. The van der Waals surface area contributed by atoms with Crippen molar-refractivity contribution in [1.29, 1.82) is 0 Å². The van der Waals surface area contributed by atoms with Crippen molar-refractivity contribution >= 4 is 22.9 Å². The van der Waals surface area contributed by atoms with Crippen LogP contribution in [0.15, 0.2) is 96.1 Å². The number of rotatable bonds is 6. The number of nitrogens with zero attached hydrogens (tertiary/aromatic N) is 2. The van der Waals surface area contributed by atoms with Gasteiger partial charge in [-0.3, -0.25) is 9.89 Å². The molecule has 1 aliphatic rings. The summed E-state index contributed by atoms with van der Waals surface area (Å²) in [6.45, 7) is 0. The van der Waals surface area contributed by atoms with Crippen LogP contribution < -0.4 is 10.2 Å². The Labute approximate surface area is 202 Å². The molecule has 1 aromatic heterocycles. The molecule has 2 N–H and O–H groups in total. The van der Waals surface area contributed by atoms with E-state index in [2.05, 4.69) is 51.1 Å². The Morgan fingerprint density at radius 2 is 1.71 bits per heavy atom. The zero-order valence-corrected chi connectivity index (χ0v) is 18.9. The molecule has 0 saturated heterocycles. The Morgan fingerprint density at radius 1 is 0.914 bits per heavy atom. The van der Waals surface area contributed by atoms with Gasteiger partial charge in [0.15, 0.2) is 0 Å². The second-order valence-electron chi connectivity index (χ2n) is 8.43. The molecule has 0 fully saturated rings. The smallest absolute Gasteiger partial charge is 0.289 e. The van der Waals surface area contributed by atoms with Gasteiger partial charge < -0.3 is 4.74 Å². The van der Waals surface area contributed by atoms with Gasteiger partial charge in [-0.1, -0.05) is 60.7 Å². The summed E-state index contributed by atoms with van der Waals surface area (Å²) in [6.07, 6.45) is 3.71. The zero-order valence-electron chi connectivity index (χ0n) is 18.9. The summed E-state index contributed by atoms with van der Waals surface area (Å²) in [5.74, 6) is 1.00. The van der Waals surface area contributed by atoms with Crippen LogP contribution in [0.25, 0.3) is 22.0 Å². The maximum absolute atomic E-state index is 12.7. The van der Waals surface area contributed by atoms with Gasteiger partial charge in [0.05, 0.1) is 11.9 Å². The van der Waals surface area contributed by atoms with Crippen molar-refractivity contribution < 1.29 is 9.53 Å². The first-order valence-corrected chi connectivity index (χ1v) is 11.5. The molecule has 1 heterocycles. The molecule has 0 saturated carbocycles. The minimum Gasteiger partial charge on any atom is -0.457 e. The molecule has 0 radical (unpaired) electrons. The first kappa shape index (κ1) is 20.9. The van der Waals surface area contributed by atoms with E-state index in [4.69, 9.17) is 4.74 Å². The van der Waals surface area contributed by atoms with Crippen LogP contribution in [0.3, 0.4) is 0 Å². The number of aryl methyl sites for hydroxylation is 2. The number of benzene rings is 4. The summed E-state index contributed by atoms with van der Waals surface area (Å²) in [6, 6.07) is 29.4. The highest BCUT2D eigenvalue weighted by atomic mass is 16.5. The van der Waals surface area contributed by atoms with E-state index >= 15 is 0 Å². The number of para-hydroxylation sites is 2. The van der Waals surface area contributed by atoms with E-state index in [1.807, 2.05) is 54.6 Å². The van der Waals surface area contributed by atoms with E-state index in [0.29, 0.717) is 11.4 Å². The average Bonchev–Trinajstić information content (AvgIpc) is 3.55. The third-order valence-electron chi connectivity index (χ3n) is 6.24. The van der Waals surface area contributed by atoms with E-state index in [0.717, 1.165) is 35.4 Å². The Bertz CT molecular complexity index is 1560. The lowest BCUT2D eigenvalue weighted by molar-refractivity contribution is 0.0950. The van der Waals surface area contributed by atoms with Crippen molar-refractivity contribution in [1.82, 2.24) is 15.6 Å². The standard InChI is InChI=1S/C29H22N4O2/c34-29(33-30-18-21-7-4-5-12-27(21)35-22-9-2-1-3-10-22)26-17-25(31-32-26)23-16-15-20-14-13-19-8-6-11-24(23)28(19)20/h1-12,15-18H,13-14H2,(H,31,32)(H,33,34)/b30-18-. The van der Waals surface area contributed by atoms with Crippen LogP contribution in [0.2, 0.25) is 0 Å². The van der Waals surface area contributed by atoms with Crippen LogP contribution in [0, 0.1) is 0 Å². The van der Waals surface area contributed by atoms with Gasteiger partial charge in [0.2, 0.25) is 0 Å². The highest BCUT2D eigenvalue weighted by Gasteiger charge is 2.18. The van der Waals surface area contributed by atoms with Crippen molar-refractivity contribution in [2.75, 3.05) is 0 Å². The molecule has 1 aliphatic carbocycles. The number of aromatic nitrogens is 2. The molecular weight excluding hydrogens is 436 g/mol. The summed E-state index contributed by atoms with van der Waals surface area (Å²) in [7, 11) is 0. The summed E-state index contributed by atoms with van der Waals surface area (Å²) in [4.78, 5) is 12.7. The Kier molecular flexibility index (Phi) is 5.31. The van der Waals surface area contributed by atoms with Crippen molar-refractivity contribution in [2.45, 2.75) is 12.8 Å². The fourth-order valence-corrected chi connectivity index (χ4v) is 4.56. The van der Waals surface area contributed by atoms with Crippen LogP contribution in [-0.2, 0) is 12.8 Å². The van der Waals surface area contributed by atoms with E-state index in [1.165, 1.54) is 21.9 Å². The summed E-state index contributed by atoms with van der Waals surface area (Å²) >= 11 is 0. The minimum absolute atomic E-state index is 0.342. The molecule has 0 bridgehead atoms. The number of hydrazone groups is 1. The molecule has 6 heteroatoms. The molecule has 0 aliphatic heterocycles. The third-order valence-corrected chi connectivity index (χ3v) is 6.24. The maximum atomic E-state index is 12.7. The predicted molar refractivity (Wildman–Crippen MR) is 137 cm³/mol. The van der Waals surface area contributed by atoms with Gasteiger partial charge in [-0.2, -0.15) is 10.2 Å². The Morgan fingerprint density at radius 3 is 2.60 bits per heavy atom. The van der Waals surface area contributed by atoms with Gasteiger partial charge in [-0.15, -0.1) is 0 Å². The normalized spacial score (nSPS) is 12.3. The second kappa shape index (κ2) is 8.91. The van der Waals surface area contributed by atoms with E-state index < -0.39 is 0 Å². The number of hydrogen-bond donors (Lipinski definition) is 2. The quantitative estimate of drug-likeness (QED) is 0.246. The van der Waals surface area contributed by atoms with E-state index in [-0.39, 0.29) is 5.91 Å². The number of nitrogens with one attached hydrogen (secondary N) is 2. The minimum atomic E-state index is -0.368. The SMILES string of the molecule is O=C(N/N=C\c1ccccc1Oc1ccccc1)c1cc(-c2ccc3c4c(cccc24)CC3)n[nH]1. The number of carbonyl (C=O) groups excluding carboxylic acids is 1. The number of H-pyrrole nitrogens is 1. The molecule has 4 aromatic carbocycles. The molecule has 35 heavy (non-hydrogen) atoms. The number of hydrogen-bond acceptors (Lipinski definition) is 4. The monoisotopic (exact) mass is 458 g/mol. The average molecular weight is 459 g/mol. The summed E-state index contributed by atoms with van der Waals surface area (Å²) < 4.78 is 5.94. The molecule has 1 amide bonds. The van der Waals surface area contributed by atoms with Gasteiger partial charge in [0, 0.05) is 11.1 Å². The van der Waals surface area contributed by atoms with E-state index in [9.17, 15) is 4.79 Å². The third kappa shape index (κ3) is 4.06. The number of carbonyl (C=O) groups is 1. The first-order valence-electron chi connectivity index (χ1n) is 11.5. The molecular formula is C29H22N4O2. The number of ether oxygens (including phenoxy) is 1. The van der Waals surface area contributed by atoms with Crippen LogP contribution in [0.1, 0.15) is 27.2 Å². The lowest BCUT2D eigenvalue weighted by atomic mass is 9.98. The number of amides is 1. The lowest BCUT2D eigenvalue weighted by Gasteiger charge is -2.08. The van der Waals surface area contributed by atoms with Crippen LogP contribution in [-0.4, -0.2) is 22.3 Å². The topological polar surface area (TPSA) is 79.4 Å². The highest BCUT2D eigenvalue weighted by molar-refractivity contribution is 6.02. The van der Waals surface area contributed by atoms with Crippen molar-refractivity contribution in [2.24, 2.45) is 5.10 Å².